The minimum atomic E-state index is -0.895. The van der Waals surface area contributed by atoms with Crippen molar-refractivity contribution in [1.82, 2.24) is 0 Å². The van der Waals surface area contributed by atoms with Crippen molar-refractivity contribution >= 4 is 39.9 Å². The molecule has 13 heavy (non-hydrogen) atoms. The lowest BCUT2D eigenvalue weighted by Crippen LogP contribution is -2.03. The van der Waals surface area contributed by atoms with E-state index in [4.69, 9.17) is 12.2 Å². The highest BCUT2D eigenvalue weighted by Gasteiger charge is 2.49. The van der Waals surface area contributed by atoms with E-state index in [0.717, 1.165) is 5.66 Å². The fourth-order valence-electron chi connectivity index (χ4n) is 2.17. The summed E-state index contributed by atoms with van der Waals surface area (Å²) in [4.78, 5) is -0.895. The minimum Gasteiger partial charge on any atom is -0.0532 e. The molecule has 1 saturated heterocycles. The number of thiol groups is 1. The van der Waals surface area contributed by atoms with E-state index >= 15 is 0 Å². The monoisotopic (exact) mass is 253 g/mol. The Balaban J connectivity index is 1.96. The van der Waals surface area contributed by atoms with Crippen LogP contribution >= 0.6 is 39.9 Å². The molecule has 0 radical (unpaired) electrons. The molecule has 0 nitrogen and oxygen atoms in total. The van der Waals surface area contributed by atoms with E-state index in [1.807, 2.05) is 0 Å². The first-order valence-electron chi connectivity index (χ1n) is 5.22. The van der Waals surface area contributed by atoms with Gasteiger partial charge < -0.3 is 0 Å². The third-order valence-electron chi connectivity index (χ3n) is 2.92. The van der Waals surface area contributed by atoms with E-state index in [9.17, 15) is 0 Å². The molecule has 0 unspecified atom stereocenters. The molecule has 1 aliphatic heterocycles. The van der Waals surface area contributed by atoms with Gasteiger partial charge >= 0.3 is 0 Å². The first kappa shape index (κ1) is 11.0. The van der Waals surface area contributed by atoms with Crippen LogP contribution in [0.2, 0.25) is 0 Å². The van der Waals surface area contributed by atoms with E-state index in [0.29, 0.717) is 0 Å². The Morgan fingerprint density at radius 3 is 2.00 bits per heavy atom. The molecule has 1 heterocycles. The first-order chi connectivity index (χ1) is 6.31. The molecule has 0 bridgehead atoms. The molecule has 4 heteroatoms. The highest BCUT2D eigenvalue weighted by molar-refractivity contribution is 9.16. The van der Waals surface area contributed by atoms with Crippen LogP contribution in [0.3, 0.4) is 0 Å². The second kappa shape index (κ2) is 5.01. The Bertz CT molecular complexity index is 160. The average molecular weight is 253 g/mol. The molecule has 2 fully saturated rings. The maximum absolute atomic E-state index is 5.01. The van der Waals surface area contributed by atoms with Crippen LogP contribution < -0.4 is 0 Å². The average Bonchev–Trinajstić information content (AvgIpc) is 2.44. The molecule has 0 aromatic heterocycles. The largest absolute Gasteiger partial charge is 0.190 e. The highest BCUT2D eigenvalue weighted by Crippen LogP contribution is 2.90. The maximum Gasteiger partial charge on any atom is 0.190 e. The summed E-state index contributed by atoms with van der Waals surface area (Å²) in [6, 6.07) is 0. The van der Waals surface area contributed by atoms with Gasteiger partial charge in [-0.25, -0.2) is 0 Å². The van der Waals surface area contributed by atoms with Crippen LogP contribution in [0.5, 0.6) is 0 Å². The molecule has 1 aliphatic carbocycles. The summed E-state index contributed by atoms with van der Waals surface area (Å²) in [5.41, 5.74) is 0.982. The van der Waals surface area contributed by atoms with Crippen LogP contribution in [0.1, 0.15) is 38.5 Å². The molecule has 0 N–H and O–H groups in total. The quantitative estimate of drug-likeness (QED) is 0.402. The molecule has 0 amide bonds. The molecule has 0 aromatic carbocycles. The lowest BCUT2D eigenvalue weighted by molar-refractivity contribution is 0.702. The summed E-state index contributed by atoms with van der Waals surface area (Å²) >= 11 is 9.41. The zero-order valence-corrected chi connectivity index (χ0v) is 11.4. The number of rotatable bonds is 1. The lowest BCUT2D eigenvalue weighted by Gasteiger charge is -2.20. The predicted molar refractivity (Wildman–Crippen MR) is 72.3 cm³/mol. The van der Waals surface area contributed by atoms with Crippen molar-refractivity contribution in [3.05, 3.63) is 0 Å². The van der Waals surface area contributed by atoms with Gasteiger partial charge in [-0.2, -0.15) is 0 Å². The summed E-state index contributed by atoms with van der Waals surface area (Å²) in [5, 5.41) is 0. The van der Waals surface area contributed by atoms with E-state index in [-0.39, 0.29) is 0 Å². The Morgan fingerprint density at radius 1 is 0.923 bits per heavy atom. The smallest absolute Gasteiger partial charge is 0.0532 e. The van der Waals surface area contributed by atoms with Crippen LogP contribution in [0.15, 0.2) is 0 Å². The van der Waals surface area contributed by atoms with Gasteiger partial charge in [-0.05, 0) is 25.7 Å². The van der Waals surface area contributed by atoms with E-state index in [2.05, 4.69) is 22.8 Å². The molecule has 1 saturated carbocycles. The van der Waals surface area contributed by atoms with Crippen molar-refractivity contribution in [3.63, 3.8) is 0 Å². The molecule has 0 aromatic rings. The summed E-state index contributed by atoms with van der Waals surface area (Å²) in [5.74, 6) is 2.72. The van der Waals surface area contributed by atoms with Gasteiger partial charge in [0.15, 0.2) is 4.87 Å². The number of hydrogen-bond acceptors (Lipinski definition) is 3. The SMILES string of the molecule is S[P+]1(C2CCCCCC2)SCCS1. The van der Waals surface area contributed by atoms with Crippen molar-refractivity contribution in [2.45, 2.75) is 44.2 Å². The maximum atomic E-state index is 5.01. The topological polar surface area (TPSA) is 0 Å². The van der Waals surface area contributed by atoms with Crippen LogP contribution in [0, 0.1) is 0 Å². The molecule has 76 valence electrons. The van der Waals surface area contributed by atoms with Crippen molar-refractivity contribution in [1.29, 1.82) is 0 Å². The molecule has 0 spiro atoms. The van der Waals surface area contributed by atoms with Gasteiger partial charge in [0, 0.05) is 46.5 Å². The van der Waals surface area contributed by atoms with Gasteiger partial charge in [-0.15, -0.1) is 0 Å². The predicted octanol–water partition coefficient (Wildman–Crippen LogP) is 4.88. The lowest BCUT2D eigenvalue weighted by atomic mass is 10.2. The van der Waals surface area contributed by atoms with E-state index in [1.165, 1.54) is 50.0 Å². The molecule has 2 rings (SSSR count). The van der Waals surface area contributed by atoms with Crippen LogP contribution in [0.25, 0.3) is 0 Å². The Morgan fingerprint density at radius 2 is 1.46 bits per heavy atom. The van der Waals surface area contributed by atoms with Gasteiger partial charge in [0.2, 0.25) is 0 Å². The molecule has 2 aliphatic rings. The van der Waals surface area contributed by atoms with Gasteiger partial charge in [0.25, 0.3) is 0 Å². The van der Waals surface area contributed by atoms with Crippen molar-refractivity contribution in [2.24, 2.45) is 0 Å². The summed E-state index contributed by atoms with van der Waals surface area (Å²) < 4.78 is 0. The number of hydrogen-bond donors (Lipinski definition) is 1. The Labute approximate surface area is 95.4 Å². The fourth-order valence-corrected chi connectivity index (χ4v) is 14.6. The Hall–Kier alpha value is 1.48. The van der Waals surface area contributed by atoms with Crippen molar-refractivity contribution in [2.75, 3.05) is 11.5 Å². The molecular formula is C9H18PS3+. The summed E-state index contributed by atoms with van der Waals surface area (Å²) in [6.45, 7) is 0. The summed E-state index contributed by atoms with van der Waals surface area (Å²) in [7, 11) is 0. The van der Waals surface area contributed by atoms with E-state index < -0.39 is 4.87 Å². The second-order valence-corrected chi connectivity index (χ2v) is 16.3. The third-order valence-corrected chi connectivity index (χ3v) is 16.2. The van der Waals surface area contributed by atoms with Crippen molar-refractivity contribution in [3.8, 4) is 0 Å². The minimum absolute atomic E-state index is 0.895. The van der Waals surface area contributed by atoms with Crippen LogP contribution in [-0.4, -0.2) is 17.2 Å². The third kappa shape index (κ3) is 2.74. The van der Waals surface area contributed by atoms with Crippen molar-refractivity contribution < 1.29 is 0 Å². The zero-order chi connectivity index (χ0) is 9.15. The van der Waals surface area contributed by atoms with Crippen LogP contribution in [-0.2, 0) is 0 Å². The first-order valence-corrected chi connectivity index (χ1v) is 11.4. The normalized spacial score (nSPS) is 30.2. The Kier molecular flexibility index (Phi) is 4.23. The van der Waals surface area contributed by atoms with Gasteiger partial charge in [-0.3, -0.25) is 0 Å². The molecule has 0 atom stereocenters. The second-order valence-electron chi connectivity index (χ2n) is 3.88. The van der Waals surface area contributed by atoms with Gasteiger partial charge in [0.1, 0.15) is 5.66 Å². The fraction of sp³-hybridized carbons (Fsp3) is 1.00. The zero-order valence-electron chi connectivity index (χ0n) is 7.95. The standard InChI is InChI=1S/C9H18PS3/c11-10(12-7-8-13-10)9-5-3-1-2-4-6-9/h9,11H,1-8H2/q+1. The van der Waals surface area contributed by atoms with E-state index in [1.54, 1.807) is 0 Å². The highest BCUT2D eigenvalue weighted by atomic mass is 33.4. The van der Waals surface area contributed by atoms with Gasteiger partial charge in [0.05, 0.1) is 0 Å². The van der Waals surface area contributed by atoms with Gasteiger partial charge in [-0.1, -0.05) is 12.8 Å². The summed E-state index contributed by atoms with van der Waals surface area (Å²) in [6.07, 6.45) is 8.82. The molecular weight excluding hydrogens is 235 g/mol. The van der Waals surface area contributed by atoms with Crippen LogP contribution in [0.4, 0.5) is 0 Å².